The molecule has 0 unspecified atom stereocenters. The normalized spacial score (nSPS) is 9.76. The molecule has 0 spiro atoms. The Morgan fingerprint density at radius 3 is 2.17 bits per heavy atom. The lowest BCUT2D eigenvalue weighted by Crippen LogP contribution is -2.21. The van der Waals surface area contributed by atoms with Gasteiger partial charge in [0.15, 0.2) is 6.61 Å². The van der Waals surface area contributed by atoms with Gasteiger partial charge in [-0.3, -0.25) is 4.79 Å². The van der Waals surface area contributed by atoms with Gasteiger partial charge in [0.1, 0.15) is 11.8 Å². The van der Waals surface area contributed by atoms with Gasteiger partial charge in [-0.25, -0.2) is 4.79 Å². The Morgan fingerprint density at radius 2 is 1.41 bits per heavy atom. The number of para-hydroxylation sites is 2. The van der Waals surface area contributed by atoms with Crippen LogP contribution in [0.1, 0.15) is 5.56 Å². The number of hydrogen-bond donors (Lipinski definition) is 3. The molecule has 0 saturated carbocycles. The minimum absolute atomic E-state index is 0.245. The minimum Gasteiger partial charge on any atom is -0.482 e. The number of rotatable bonds is 6. The molecule has 3 aromatic carbocycles. The maximum absolute atomic E-state index is 12.1. The van der Waals surface area contributed by atoms with E-state index in [1.807, 2.05) is 24.3 Å². The van der Waals surface area contributed by atoms with E-state index in [0.29, 0.717) is 28.4 Å². The zero-order valence-corrected chi connectivity index (χ0v) is 15.4. The third kappa shape index (κ3) is 5.84. The van der Waals surface area contributed by atoms with E-state index in [-0.39, 0.29) is 12.5 Å². The predicted molar refractivity (Wildman–Crippen MR) is 111 cm³/mol. The number of hydrogen-bond acceptors (Lipinski definition) is 4. The van der Waals surface area contributed by atoms with Crippen LogP contribution in [0.3, 0.4) is 0 Å². The van der Waals surface area contributed by atoms with Gasteiger partial charge in [0.05, 0.1) is 5.56 Å². The van der Waals surface area contributed by atoms with Crippen molar-refractivity contribution in [2.75, 3.05) is 22.6 Å². The highest BCUT2D eigenvalue weighted by molar-refractivity contribution is 6.00. The summed E-state index contributed by atoms with van der Waals surface area (Å²) in [7, 11) is 0. The van der Waals surface area contributed by atoms with Crippen LogP contribution in [0.15, 0.2) is 78.9 Å². The largest absolute Gasteiger partial charge is 0.482 e. The van der Waals surface area contributed by atoms with E-state index >= 15 is 0 Å². The first kappa shape index (κ1) is 19.5. The van der Waals surface area contributed by atoms with Crippen molar-refractivity contribution in [3.8, 4) is 11.8 Å². The Bertz CT molecular complexity index is 1050. The van der Waals surface area contributed by atoms with Gasteiger partial charge in [-0.1, -0.05) is 36.4 Å². The van der Waals surface area contributed by atoms with Gasteiger partial charge in [-0.2, -0.15) is 5.26 Å². The quantitative estimate of drug-likeness (QED) is 0.590. The van der Waals surface area contributed by atoms with E-state index in [0.717, 1.165) is 0 Å². The van der Waals surface area contributed by atoms with Gasteiger partial charge in [0, 0.05) is 17.1 Å². The summed E-state index contributed by atoms with van der Waals surface area (Å²) in [5.74, 6) is -0.0400. The third-order valence-corrected chi connectivity index (χ3v) is 3.80. The molecule has 3 N–H and O–H groups in total. The minimum atomic E-state index is -0.392. The SMILES string of the molecule is N#Cc1ccccc1OCC(=O)Nc1cccc(NC(=O)Nc2ccccc2)c1. The molecule has 0 aromatic heterocycles. The van der Waals surface area contributed by atoms with Crippen LogP contribution in [0.5, 0.6) is 5.75 Å². The second-order valence-corrected chi connectivity index (χ2v) is 5.97. The van der Waals surface area contributed by atoms with E-state index in [1.54, 1.807) is 60.7 Å². The Hall–Kier alpha value is -4.31. The second kappa shape index (κ2) is 9.58. The highest BCUT2D eigenvalue weighted by Crippen LogP contribution is 2.18. The number of carbonyl (C=O) groups excluding carboxylic acids is 2. The zero-order valence-electron chi connectivity index (χ0n) is 15.4. The maximum Gasteiger partial charge on any atom is 0.323 e. The molecule has 0 heterocycles. The summed E-state index contributed by atoms with van der Waals surface area (Å²) in [6, 6.07) is 24.1. The number of nitriles is 1. The molecule has 7 nitrogen and oxygen atoms in total. The van der Waals surface area contributed by atoms with Gasteiger partial charge >= 0.3 is 6.03 Å². The summed E-state index contributed by atoms with van der Waals surface area (Å²) in [6.07, 6.45) is 0. The molecule has 0 atom stereocenters. The molecule has 0 bridgehead atoms. The lowest BCUT2D eigenvalue weighted by molar-refractivity contribution is -0.118. The number of amides is 3. The smallest absolute Gasteiger partial charge is 0.323 e. The zero-order chi connectivity index (χ0) is 20.5. The van der Waals surface area contributed by atoms with E-state index in [4.69, 9.17) is 10.00 Å². The summed E-state index contributed by atoms with van der Waals surface area (Å²) in [5, 5.41) is 17.2. The maximum atomic E-state index is 12.1. The lowest BCUT2D eigenvalue weighted by atomic mass is 10.2. The Labute approximate surface area is 167 Å². The summed E-state index contributed by atoms with van der Waals surface area (Å²) >= 11 is 0. The fourth-order valence-electron chi connectivity index (χ4n) is 2.51. The predicted octanol–water partition coefficient (Wildman–Crippen LogP) is 4.22. The molecular formula is C22H18N4O3. The van der Waals surface area contributed by atoms with Crippen LogP contribution in [0.25, 0.3) is 0 Å². The number of nitrogens with one attached hydrogen (secondary N) is 3. The second-order valence-electron chi connectivity index (χ2n) is 5.97. The van der Waals surface area contributed by atoms with Crippen molar-refractivity contribution in [3.05, 3.63) is 84.4 Å². The average Bonchev–Trinajstić information content (AvgIpc) is 2.73. The topological polar surface area (TPSA) is 103 Å². The molecule has 3 amide bonds. The molecule has 144 valence electrons. The van der Waals surface area contributed by atoms with Crippen LogP contribution < -0.4 is 20.7 Å². The number of carbonyl (C=O) groups is 2. The van der Waals surface area contributed by atoms with E-state index < -0.39 is 6.03 Å². The molecule has 0 saturated heterocycles. The average molecular weight is 386 g/mol. The van der Waals surface area contributed by atoms with E-state index in [2.05, 4.69) is 16.0 Å². The highest BCUT2D eigenvalue weighted by atomic mass is 16.5. The summed E-state index contributed by atoms with van der Waals surface area (Å²) in [5.41, 5.74) is 2.05. The van der Waals surface area contributed by atoms with Gasteiger partial charge in [0.2, 0.25) is 0 Å². The standard InChI is InChI=1S/C22H18N4O3/c23-14-16-7-4-5-12-20(16)29-15-21(27)24-18-10-6-11-19(13-18)26-22(28)25-17-8-2-1-3-9-17/h1-13H,15H2,(H,24,27)(H2,25,26,28). The van der Waals surface area contributed by atoms with Crippen molar-refractivity contribution < 1.29 is 14.3 Å². The molecule has 3 rings (SSSR count). The number of nitrogens with zero attached hydrogens (tertiary/aromatic N) is 1. The molecule has 7 heteroatoms. The van der Waals surface area contributed by atoms with Crippen molar-refractivity contribution in [2.24, 2.45) is 0 Å². The Morgan fingerprint density at radius 1 is 0.793 bits per heavy atom. The summed E-state index contributed by atoms with van der Waals surface area (Å²) in [6.45, 7) is -0.245. The third-order valence-electron chi connectivity index (χ3n) is 3.80. The highest BCUT2D eigenvalue weighted by Gasteiger charge is 2.08. The van der Waals surface area contributed by atoms with Crippen molar-refractivity contribution in [3.63, 3.8) is 0 Å². The Balaban J connectivity index is 1.54. The molecule has 29 heavy (non-hydrogen) atoms. The molecule has 0 radical (unpaired) electrons. The van der Waals surface area contributed by atoms with Crippen molar-refractivity contribution in [2.45, 2.75) is 0 Å². The molecule has 0 aliphatic rings. The first-order valence-corrected chi connectivity index (χ1v) is 8.79. The van der Waals surface area contributed by atoms with Crippen molar-refractivity contribution in [1.82, 2.24) is 0 Å². The first-order valence-electron chi connectivity index (χ1n) is 8.79. The van der Waals surface area contributed by atoms with Gasteiger partial charge in [0.25, 0.3) is 5.91 Å². The fourth-order valence-corrected chi connectivity index (χ4v) is 2.51. The van der Waals surface area contributed by atoms with E-state index in [1.165, 1.54) is 0 Å². The van der Waals surface area contributed by atoms with Crippen molar-refractivity contribution in [1.29, 1.82) is 5.26 Å². The van der Waals surface area contributed by atoms with Gasteiger partial charge in [-0.15, -0.1) is 0 Å². The molecule has 3 aromatic rings. The summed E-state index contributed by atoms with van der Waals surface area (Å²) < 4.78 is 5.41. The first-order chi connectivity index (χ1) is 14.1. The Kier molecular flexibility index (Phi) is 6.42. The molecule has 0 aliphatic carbocycles. The monoisotopic (exact) mass is 386 g/mol. The van der Waals surface area contributed by atoms with Crippen LogP contribution >= 0.6 is 0 Å². The van der Waals surface area contributed by atoms with E-state index in [9.17, 15) is 9.59 Å². The number of anilines is 3. The molecular weight excluding hydrogens is 368 g/mol. The van der Waals surface area contributed by atoms with Crippen LogP contribution in [0.2, 0.25) is 0 Å². The number of urea groups is 1. The summed E-state index contributed by atoms with van der Waals surface area (Å²) in [4.78, 5) is 24.2. The van der Waals surface area contributed by atoms with Gasteiger partial charge < -0.3 is 20.7 Å². The van der Waals surface area contributed by atoms with Crippen LogP contribution in [0.4, 0.5) is 21.9 Å². The fraction of sp³-hybridized carbons (Fsp3) is 0.0455. The van der Waals surface area contributed by atoms with Crippen LogP contribution in [-0.2, 0) is 4.79 Å². The van der Waals surface area contributed by atoms with Crippen LogP contribution in [-0.4, -0.2) is 18.5 Å². The number of ether oxygens (including phenoxy) is 1. The van der Waals surface area contributed by atoms with Crippen LogP contribution in [0, 0.1) is 11.3 Å². The lowest BCUT2D eigenvalue weighted by Gasteiger charge is -2.11. The van der Waals surface area contributed by atoms with Gasteiger partial charge in [-0.05, 0) is 42.5 Å². The molecule has 0 aliphatic heterocycles. The molecule has 0 fully saturated rings. The number of benzene rings is 3. The van der Waals surface area contributed by atoms with Crippen molar-refractivity contribution >= 4 is 29.0 Å².